The molecule has 1 aliphatic rings. The number of rotatable bonds is 9. The Morgan fingerprint density at radius 1 is 0.690 bits per heavy atom. The average Bonchev–Trinajstić information content (AvgIpc) is 3.04. The van der Waals surface area contributed by atoms with Gasteiger partial charge < -0.3 is 24.4 Å². The molecule has 1 N–H and O–H groups in total. The van der Waals surface area contributed by atoms with Gasteiger partial charge >= 0.3 is 0 Å². The first-order valence-electron chi connectivity index (χ1n) is 13.9. The lowest BCUT2D eigenvalue weighted by Gasteiger charge is -2.35. The maximum Gasteiger partial charge on any atom is 0.256 e. The quantitative estimate of drug-likeness (QED) is 0.285. The molecule has 0 unspecified atom stereocenters. The third-order valence-corrected chi connectivity index (χ3v) is 7.42. The molecule has 42 heavy (non-hydrogen) atoms. The van der Waals surface area contributed by atoms with Gasteiger partial charge in [-0.3, -0.25) is 14.5 Å². The third kappa shape index (κ3) is 6.39. The number of ether oxygens (including phenoxy) is 3. The van der Waals surface area contributed by atoms with E-state index in [0.29, 0.717) is 47.2 Å². The minimum Gasteiger partial charge on any atom is -0.493 e. The van der Waals surface area contributed by atoms with Crippen LogP contribution in [0, 0.1) is 0 Å². The zero-order valence-electron chi connectivity index (χ0n) is 24.1. The van der Waals surface area contributed by atoms with Crippen LogP contribution in [0.1, 0.15) is 26.3 Å². The lowest BCUT2D eigenvalue weighted by molar-refractivity contribution is 0.0625. The third-order valence-electron chi connectivity index (χ3n) is 7.42. The van der Waals surface area contributed by atoms with E-state index in [1.807, 2.05) is 23.1 Å². The summed E-state index contributed by atoms with van der Waals surface area (Å²) in [5.74, 6) is 0.709. The van der Waals surface area contributed by atoms with Gasteiger partial charge in [-0.1, -0.05) is 60.7 Å². The van der Waals surface area contributed by atoms with Crippen LogP contribution in [0.25, 0.3) is 11.1 Å². The lowest BCUT2D eigenvalue weighted by atomic mass is 10.0. The summed E-state index contributed by atoms with van der Waals surface area (Å²) in [6.45, 7) is 3.48. The Morgan fingerprint density at radius 2 is 1.31 bits per heavy atom. The van der Waals surface area contributed by atoms with Crippen molar-refractivity contribution in [2.24, 2.45) is 0 Å². The van der Waals surface area contributed by atoms with Crippen molar-refractivity contribution in [3.8, 4) is 28.4 Å². The monoisotopic (exact) mass is 565 g/mol. The standard InChI is InChI=1S/C34H35N3O5/c1-40-30-21-27(22-31(41-2)32(30)42-3)35-33(38)28-14-7-8-15-29(28)34(39)37-18-16-36(17-19-37)23-24-10-9-13-26(20-24)25-11-5-4-6-12-25/h4-15,20-22H,16-19,23H2,1-3H3,(H,35,38). The molecule has 1 saturated heterocycles. The van der Waals surface area contributed by atoms with Gasteiger partial charge in [0.1, 0.15) is 0 Å². The summed E-state index contributed by atoms with van der Waals surface area (Å²) < 4.78 is 16.2. The van der Waals surface area contributed by atoms with Gasteiger partial charge in [-0.05, 0) is 34.9 Å². The number of hydrogen-bond donors (Lipinski definition) is 1. The molecule has 0 radical (unpaired) electrons. The summed E-state index contributed by atoms with van der Waals surface area (Å²) in [7, 11) is 4.54. The molecule has 0 saturated carbocycles. The van der Waals surface area contributed by atoms with E-state index in [1.54, 1.807) is 36.4 Å². The summed E-state index contributed by atoms with van der Waals surface area (Å²) in [4.78, 5) is 31.1. The van der Waals surface area contributed by atoms with E-state index in [-0.39, 0.29) is 5.91 Å². The predicted octanol–water partition coefficient (Wildman–Crippen LogP) is 5.59. The van der Waals surface area contributed by atoms with E-state index in [4.69, 9.17) is 14.2 Å². The van der Waals surface area contributed by atoms with Crippen LogP contribution in [0.2, 0.25) is 0 Å². The number of anilines is 1. The molecular formula is C34H35N3O5. The number of carbonyl (C=O) groups excluding carboxylic acids is 2. The number of methoxy groups -OCH3 is 3. The maximum absolute atomic E-state index is 13.6. The first-order valence-corrected chi connectivity index (χ1v) is 13.9. The molecule has 1 fully saturated rings. The molecule has 4 aromatic rings. The summed E-state index contributed by atoms with van der Waals surface area (Å²) in [6.07, 6.45) is 0. The zero-order valence-corrected chi connectivity index (χ0v) is 24.1. The van der Waals surface area contributed by atoms with Crippen molar-refractivity contribution in [3.63, 3.8) is 0 Å². The van der Waals surface area contributed by atoms with Crippen molar-refractivity contribution in [1.29, 1.82) is 0 Å². The SMILES string of the molecule is COc1cc(NC(=O)c2ccccc2C(=O)N2CCN(Cc3cccc(-c4ccccc4)c3)CC2)cc(OC)c1OC. The molecule has 5 rings (SSSR count). The van der Waals surface area contributed by atoms with Gasteiger partial charge in [0.2, 0.25) is 5.75 Å². The van der Waals surface area contributed by atoms with Gasteiger partial charge in [-0.15, -0.1) is 0 Å². The number of hydrogen-bond acceptors (Lipinski definition) is 6. The second kappa shape index (κ2) is 13.2. The maximum atomic E-state index is 13.6. The number of nitrogens with zero attached hydrogens (tertiary/aromatic N) is 2. The predicted molar refractivity (Wildman–Crippen MR) is 164 cm³/mol. The fourth-order valence-electron chi connectivity index (χ4n) is 5.24. The first-order chi connectivity index (χ1) is 20.5. The van der Waals surface area contributed by atoms with Crippen LogP contribution in [0.3, 0.4) is 0 Å². The highest BCUT2D eigenvalue weighted by atomic mass is 16.5. The summed E-state index contributed by atoms with van der Waals surface area (Å²) in [6, 6.07) is 29.2. The Bertz CT molecular complexity index is 1520. The van der Waals surface area contributed by atoms with Crippen LogP contribution >= 0.6 is 0 Å². The molecule has 1 heterocycles. The van der Waals surface area contributed by atoms with Crippen molar-refractivity contribution in [3.05, 3.63) is 108 Å². The molecule has 1 aliphatic heterocycles. The number of carbonyl (C=O) groups is 2. The summed E-state index contributed by atoms with van der Waals surface area (Å²) in [5, 5.41) is 2.87. The molecule has 2 amide bonds. The Labute approximate surface area is 246 Å². The van der Waals surface area contributed by atoms with Gasteiger partial charge in [0.25, 0.3) is 11.8 Å². The lowest BCUT2D eigenvalue weighted by Crippen LogP contribution is -2.48. The highest BCUT2D eigenvalue weighted by Gasteiger charge is 2.26. The molecular weight excluding hydrogens is 530 g/mol. The molecule has 0 bridgehead atoms. The minimum absolute atomic E-state index is 0.156. The van der Waals surface area contributed by atoms with Crippen molar-refractivity contribution >= 4 is 17.5 Å². The van der Waals surface area contributed by atoms with E-state index in [2.05, 4.69) is 46.6 Å². The van der Waals surface area contributed by atoms with E-state index in [0.717, 1.165) is 19.6 Å². The van der Waals surface area contributed by atoms with Crippen LogP contribution in [0.15, 0.2) is 91.0 Å². The first kappa shape index (κ1) is 28.7. The number of amides is 2. The van der Waals surface area contributed by atoms with Gasteiger partial charge in [-0.25, -0.2) is 0 Å². The van der Waals surface area contributed by atoms with Crippen LogP contribution in [0.4, 0.5) is 5.69 Å². The van der Waals surface area contributed by atoms with E-state index in [1.165, 1.54) is 38.0 Å². The van der Waals surface area contributed by atoms with E-state index < -0.39 is 5.91 Å². The fourth-order valence-corrected chi connectivity index (χ4v) is 5.24. The van der Waals surface area contributed by atoms with Gasteiger partial charge in [0.15, 0.2) is 11.5 Å². The van der Waals surface area contributed by atoms with Gasteiger partial charge in [0.05, 0.1) is 32.5 Å². The molecule has 0 aliphatic carbocycles. The smallest absolute Gasteiger partial charge is 0.256 e. The Kier molecular flexibility index (Phi) is 9.04. The summed E-state index contributed by atoms with van der Waals surface area (Å²) >= 11 is 0. The van der Waals surface area contributed by atoms with Crippen molar-refractivity contribution in [2.45, 2.75) is 6.54 Å². The van der Waals surface area contributed by atoms with Crippen LogP contribution < -0.4 is 19.5 Å². The molecule has 0 atom stereocenters. The van der Waals surface area contributed by atoms with Crippen molar-refractivity contribution in [1.82, 2.24) is 9.80 Å². The zero-order chi connectivity index (χ0) is 29.5. The second-order valence-corrected chi connectivity index (χ2v) is 10.0. The topological polar surface area (TPSA) is 80.3 Å². The highest BCUT2D eigenvalue weighted by molar-refractivity contribution is 6.12. The van der Waals surface area contributed by atoms with Crippen molar-refractivity contribution in [2.75, 3.05) is 52.8 Å². The molecule has 216 valence electrons. The normalized spacial score (nSPS) is 13.4. The number of nitrogens with one attached hydrogen (secondary N) is 1. The minimum atomic E-state index is -0.398. The van der Waals surface area contributed by atoms with Gasteiger partial charge in [-0.2, -0.15) is 0 Å². The second-order valence-electron chi connectivity index (χ2n) is 10.0. The number of piperazine rings is 1. The molecule has 8 nitrogen and oxygen atoms in total. The average molecular weight is 566 g/mol. The Hall–Kier alpha value is -4.82. The van der Waals surface area contributed by atoms with Gasteiger partial charge in [0, 0.05) is 50.5 Å². The fraction of sp³-hybridized carbons (Fsp3) is 0.235. The van der Waals surface area contributed by atoms with E-state index in [9.17, 15) is 9.59 Å². The molecule has 4 aromatic carbocycles. The van der Waals surface area contributed by atoms with Crippen LogP contribution in [0.5, 0.6) is 17.2 Å². The van der Waals surface area contributed by atoms with Crippen LogP contribution in [-0.2, 0) is 6.54 Å². The number of benzene rings is 4. The van der Waals surface area contributed by atoms with E-state index >= 15 is 0 Å². The molecule has 0 spiro atoms. The molecule has 8 heteroatoms. The largest absolute Gasteiger partial charge is 0.493 e. The Balaban J connectivity index is 1.24. The molecule has 0 aromatic heterocycles. The summed E-state index contributed by atoms with van der Waals surface area (Å²) in [5.41, 5.74) is 4.76. The highest BCUT2D eigenvalue weighted by Crippen LogP contribution is 2.40. The van der Waals surface area contributed by atoms with Crippen LogP contribution in [-0.4, -0.2) is 69.1 Å². The Morgan fingerprint density at radius 3 is 1.95 bits per heavy atom. The van der Waals surface area contributed by atoms with Crippen molar-refractivity contribution < 1.29 is 23.8 Å².